The minimum Gasteiger partial charge on any atom is -0.481 e. The zero-order valence-corrected chi connectivity index (χ0v) is 12.3. The Bertz CT molecular complexity index is 422. The van der Waals surface area contributed by atoms with Gasteiger partial charge in [-0.1, -0.05) is 0 Å². The fourth-order valence-electron chi connectivity index (χ4n) is 2.56. The van der Waals surface area contributed by atoms with E-state index in [9.17, 15) is 0 Å². The average Bonchev–Trinajstić information content (AvgIpc) is 2.86. The minimum absolute atomic E-state index is 0.644. The predicted octanol–water partition coefficient (Wildman–Crippen LogP) is 1.94. The number of aromatic nitrogens is 2. The second kappa shape index (κ2) is 6.19. The maximum absolute atomic E-state index is 5.21. The molecule has 0 radical (unpaired) electrons. The molecule has 0 aromatic carbocycles. The summed E-state index contributed by atoms with van der Waals surface area (Å²) in [5.41, 5.74) is 0.976. The topological polar surface area (TPSA) is 50.3 Å². The van der Waals surface area contributed by atoms with Crippen LogP contribution in [0.1, 0.15) is 25.8 Å². The first-order valence-corrected chi connectivity index (χ1v) is 6.95. The summed E-state index contributed by atoms with van der Waals surface area (Å²) in [5, 5.41) is 3.43. The van der Waals surface area contributed by atoms with E-state index in [2.05, 4.69) is 34.0 Å². The van der Waals surface area contributed by atoms with Gasteiger partial charge in [-0.2, -0.15) is 0 Å². The van der Waals surface area contributed by atoms with Gasteiger partial charge in [-0.15, -0.1) is 0 Å². The van der Waals surface area contributed by atoms with Crippen LogP contribution in [0.3, 0.4) is 0 Å². The molecular formula is C14H24N4O. The Morgan fingerprint density at radius 2 is 2.26 bits per heavy atom. The van der Waals surface area contributed by atoms with Crippen LogP contribution in [0, 0.1) is 12.8 Å². The van der Waals surface area contributed by atoms with Crippen LogP contribution < -0.4 is 10.1 Å². The Kier molecular flexibility index (Phi) is 4.58. The number of likely N-dealkylation sites (tertiary alicyclic amines) is 1. The van der Waals surface area contributed by atoms with Crippen LogP contribution in [0.2, 0.25) is 0 Å². The lowest BCUT2D eigenvalue weighted by Crippen LogP contribution is -2.29. The quantitative estimate of drug-likeness (QED) is 0.880. The molecule has 1 N–H and O–H groups in total. The van der Waals surface area contributed by atoms with Crippen molar-refractivity contribution >= 4 is 5.82 Å². The summed E-state index contributed by atoms with van der Waals surface area (Å²) >= 11 is 0. The van der Waals surface area contributed by atoms with E-state index in [0.717, 1.165) is 17.9 Å². The molecule has 1 aliphatic heterocycles. The molecule has 1 fully saturated rings. The highest BCUT2D eigenvalue weighted by Gasteiger charge is 2.24. The second-order valence-electron chi connectivity index (χ2n) is 5.48. The number of methoxy groups -OCH3 is 1. The second-order valence-corrected chi connectivity index (χ2v) is 5.48. The molecule has 0 aliphatic carbocycles. The maximum Gasteiger partial charge on any atom is 0.221 e. The van der Waals surface area contributed by atoms with Gasteiger partial charge in [0.1, 0.15) is 12.1 Å². The van der Waals surface area contributed by atoms with E-state index < -0.39 is 0 Å². The smallest absolute Gasteiger partial charge is 0.221 e. The number of nitrogens with zero attached hydrogens (tertiary/aromatic N) is 3. The van der Waals surface area contributed by atoms with Crippen LogP contribution >= 0.6 is 0 Å². The summed E-state index contributed by atoms with van der Waals surface area (Å²) in [6, 6.07) is 0.644. The third-order valence-corrected chi connectivity index (χ3v) is 3.84. The van der Waals surface area contributed by atoms with E-state index in [0.29, 0.717) is 17.8 Å². The summed E-state index contributed by atoms with van der Waals surface area (Å²) in [6.07, 6.45) is 2.80. The first kappa shape index (κ1) is 14.1. The van der Waals surface area contributed by atoms with Crippen LogP contribution in [0.5, 0.6) is 5.88 Å². The van der Waals surface area contributed by atoms with Gasteiger partial charge in [-0.05, 0) is 39.7 Å². The maximum atomic E-state index is 5.21. The zero-order valence-electron chi connectivity index (χ0n) is 12.3. The molecule has 1 aliphatic rings. The lowest BCUT2D eigenvalue weighted by molar-refractivity contribution is 0.266. The molecule has 19 heavy (non-hydrogen) atoms. The molecular weight excluding hydrogens is 240 g/mol. The van der Waals surface area contributed by atoms with Gasteiger partial charge in [0.15, 0.2) is 0 Å². The number of nitrogens with one attached hydrogen (secondary N) is 1. The van der Waals surface area contributed by atoms with Gasteiger partial charge >= 0.3 is 0 Å². The van der Waals surface area contributed by atoms with Gasteiger partial charge in [0.2, 0.25) is 5.88 Å². The fourth-order valence-corrected chi connectivity index (χ4v) is 2.56. The van der Waals surface area contributed by atoms with Gasteiger partial charge < -0.3 is 15.0 Å². The molecule has 0 spiro atoms. The number of rotatable bonds is 5. The summed E-state index contributed by atoms with van der Waals surface area (Å²) in [7, 11) is 1.64. The molecule has 5 heteroatoms. The largest absolute Gasteiger partial charge is 0.481 e. The zero-order chi connectivity index (χ0) is 13.8. The van der Waals surface area contributed by atoms with Crippen LogP contribution in [0.15, 0.2) is 6.33 Å². The highest BCUT2D eigenvalue weighted by Crippen LogP contribution is 2.22. The van der Waals surface area contributed by atoms with Crippen molar-refractivity contribution in [2.45, 2.75) is 33.2 Å². The minimum atomic E-state index is 0.644. The van der Waals surface area contributed by atoms with Gasteiger partial charge in [0, 0.05) is 19.1 Å². The molecule has 5 nitrogen and oxygen atoms in total. The average molecular weight is 264 g/mol. The molecule has 1 aromatic heterocycles. The molecule has 2 heterocycles. The lowest BCUT2D eigenvalue weighted by Gasteiger charge is -2.20. The van der Waals surface area contributed by atoms with E-state index in [1.807, 2.05) is 6.92 Å². The van der Waals surface area contributed by atoms with Crippen molar-refractivity contribution in [3.05, 3.63) is 11.9 Å². The van der Waals surface area contributed by atoms with E-state index in [4.69, 9.17) is 4.74 Å². The number of anilines is 1. The molecule has 2 rings (SSSR count). The van der Waals surface area contributed by atoms with Gasteiger partial charge in [-0.25, -0.2) is 9.97 Å². The Hall–Kier alpha value is -1.36. The van der Waals surface area contributed by atoms with Crippen molar-refractivity contribution in [2.75, 3.05) is 32.1 Å². The van der Waals surface area contributed by atoms with Crippen molar-refractivity contribution in [1.29, 1.82) is 0 Å². The van der Waals surface area contributed by atoms with Crippen molar-refractivity contribution in [2.24, 2.45) is 5.92 Å². The van der Waals surface area contributed by atoms with E-state index >= 15 is 0 Å². The van der Waals surface area contributed by atoms with E-state index in [-0.39, 0.29) is 0 Å². The SMILES string of the molecule is COc1ncnc(NCC2CCN(C(C)C)C2)c1C. The first-order chi connectivity index (χ1) is 9.11. The summed E-state index contributed by atoms with van der Waals surface area (Å²) in [4.78, 5) is 10.9. The standard InChI is InChI=1S/C14H24N4O/c1-10(2)18-6-5-12(8-18)7-15-13-11(3)14(19-4)17-9-16-13/h9-10,12H,5-8H2,1-4H3,(H,15,16,17). The number of hydrogen-bond donors (Lipinski definition) is 1. The number of hydrogen-bond acceptors (Lipinski definition) is 5. The van der Waals surface area contributed by atoms with Crippen LogP contribution in [-0.4, -0.2) is 47.7 Å². The van der Waals surface area contributed by atoms with E-state index in [1.165, 1.54) is 19.5 Å². The molecule has 0 bridgehead atoms. The molecule has 1 aromatic rings. The molecule has 1 saturated heterocycles. The molecule has 0 saturated carbocycles. The Morgan fingerprint density at radius 1 is 1.47 bits per heavy atom. The Morgan fingerprint density at radius 3 is 2.89 bits per heavy atom. The molecule has 1 unspecified atom stereocenters. The normalized spacial score (nSPS) is 19.9. The van der Waals surface area contributed by atoms with Crippen molar-refractivity contribution in [3.8, 4) is 5.88 Å². The van der Waals surface area contributed by atoms with Gasteiger partial charge in [0.05, 0.1) is 12.7 Å². The van der Waals surface area contributed by atoms with Crippen molar-refractivity contribution < 1.29 is 4.74 Å². The third-order valence-electron chi connectivity index (χ3n) is 3.84. The monoisotopic (exact) mass is 264 g/mol. The number of ether oxygens (including phenoxy) is 1. The molecule has 1 atom stereocenters. The summed E-state index contributed by atoms with van der Waals surface area (Å²) in [6.45, 7) is 9.84. The third kappa shape index (κ3) is 3.35. The predicted molar refractivity (Wildman–Crippen MR) is 76.6 cm³/mol. The fraction of sp³-hybridized carbons (Fsp3) is 0.714. The lowest BCUT2D eigenvalue weighted by atomic mass is 10.1. The van der Waals surface area contributed by atoms with Gasteiger partial charge in [-0.3, -0.25) is 0 Å². The summed E-state index contributed by atoms with van der Waals surface area (Å²) < 4.78 is 5.21. The highest BCUT2D eigenvalue weighted by atomic mass is 16.5. The van der Waals surface area contributed by atoms with Gasteiger partial charge in [0.25, 0.3) is 0 Å². The first-order valence-electron chi connectivity index (χ1n) is 6.95. The van der Waals surface area contributed by atoms with Crippen LogP contribution in [-0.2, 0) is 0 Å². The van der Waals surface area contributed by atoms with Crippen molar-refractivity contribution in [3.63, 3.8) is 0 Å². The Labute approximate surface area is 115 Å². The highest BCUT2D eigenvalue weighted by molar-refractivity contribution is 5.47. The Balaban J connectivity index is 1.90. The molecule has 106 valence electrons. The molecule has 0 amide bonds. The summed E-state index contributed by atoms with van der Waals surface area (Å²) in [5.74, 6) is 2.23. The van der Waals surface area contributed by atoms with E-state index in [1.54, 1.807) is 13.4 Å². The van der Waals surface area contributed by atoms with Crippen LogP contribution in [0.4, 0.5) is 5.82 Å². The van der Waals surface area contributed by atoms with Crippen molar-refractivity contribution in [1.82, 2.24) is 14.9 Å². The van der Waals surface area contributed by atoms with Crippen LogP contribution in [0.25, 0.3) is 0 Å².